The quantitative estimate of drug-likeness (QED) is 0.847. The number of nitrogens with zero attached hydrogens (tertiary/aromatic N) is 2. The van der Waals surface area contributed by atoms with Crippen LogP contribution in [0, 0.1) is 0 Å². The van der Waals surface area contributed by atoms with Crippen LogP contribution < -0.4 is 20.1 Å². The van der Waals surface area contributed by atoms with E-state index in [4.69, 9.17) is 15.2 Å². The summed E-state index contributed by atoms with van der Waals surface area (Å²) in [5.74, 6) is 1.22. The standard InChI is InChI=1S/C15H19N3O2/c1-18(2)12-7-8-13(16)14(9-12)20-10-11-5-4-6-15(17-11)19-3/h4-9H,10,16H2,1-3H3. The fraction of sp³-hybridized carbons (Fsp3) is 0.267. The van der Waals surface area contributed by atoms with Gasteiger partial charge in [0.2, 0.25) is 5.88 Å². The Morgan fingerprint density at radius 1 is 1.20 bits per heavy atom. The molecule has 1 heterocycles. The second-order valence-corrected chi connectivity index (χ2v) is 4.58. The number of aromatic nitrogens is 1. The monoisotopic (exact) mass is 273 g/mol. The van der Waals surface area contributed by atoms with Crippen molar-refractivity contribution in [3.05, 3.63) is 42.1 Å². The van der Waals surface area contributed by atoms with E-state index < -0.39 is 0 Å². The first-order valence-corrected chi connectivity index (χ1v) is 6.29. The topological polar surface area (TPSA) is 60.6 Å². The smallest absolute Gasteiger partial charge is 0.213 e. The van der Waals surface area contributed by atoms with Crippen LogP contribution in [0.4, 0.5) is 11.4 Å². The molecule has 2 N–H and O–H groups in total. The van der Waals surface area contributed by atoms with E-state index in [1.54, 1.807) is 13.2 Å². The third kappa shape index (κ3) is 3.32. The van der Waals surface area contributed by atoms with Crippen LogP contribution in [0.3, 0.4) is 0 Å². The summed E-state index contributed by atoms with van der Waals surface area (Å²) in [6.07, 6.45) is 0. The number of hydrogen-bond donors (Lipinski definition) is 1. The molecule has 0 aliphatic rings. The Bertz CT molecular complexity index is 585. The molecule has 0 aliphatic heterocycles. The third-order valence-electron chi connectivity index (χ3n) is 2.88. The van der Waals surface area contributed by atoms with E-state index in [9.17, 15) is 0 Å². The van der Waals surface area contributed by atoms with Crippen molar-refractivity contribution in [3.8, 4) is 11.6 Å². The van der Waals surface area contributed by atoms with E-state index >= 15 is 0 Å². The van der Waals surface area contributed by atoms with Crippen molar-refractivity contribution in [2.45, 2.75) is 6.61 Å². The Morgan fingerprint density at radius 3 is 2.70 bits per heavy atom. The first-order chi connectivity index (χ1) is 9.60. The van der Waals surface area contributed by atoms with Gasteiger partial charge >= 0.3 is 0 Å². The average molecular weight is 273 g/mol. The Morgan fingerprint density at radius 2 is 2.00 bits per heavy atom. The molecule has 0 amide bonds. The summed E-state index contributed by atoms with van der Waals surface area (Å²) in [6.45, 7) is 0.346. The molecule has 2 aromatic rings. The molecular formula is C15H19N3O2. The van der Waals surface area contributed by atoms with Crippen molar-refractivity contribution in [3.63, 3.8) is 0 Å². The van der Waals surface area contributed by atoms with Crippen LogP contribution in [0.2, 0.25) is 0 Å². The van der Waals surface area contributed by atoms with Crippen molar-refractivity contribution >= 4 is 11.4 Å². The number of methoxy groups -OCH3 is 1. The molecule has 5 nitrogen and oxygen atoms in total. The number of ether oxygens (including phenoxy) is 2. The van der Waals surface area contributed by atoms with Crippen LogP contribution in [0.25, 0.3) is 0 Å². The highest BCUT2D eigenvalue weighted by atomic mass is 16.5. The number of rotatable bonds is 5. The molecule has 2 rings (SSSR count). The summed E-state index contributed by atoms with van der Waals surface area (Å²) < 4.78 is 10.8. The molecule has 1 aromatic carbocycles. The van der Waals surface area contributed by atoms with E-state index in [1.807, 2.05) is 49.3 Å². The van der Waals surface area contributed by atoms with E-state index in [0.29, 0.717) is 23.9 Å². The van der Waals surface area contributed by atoms with Gasteiger partial charge in [0.25, 0.3) is 0 Å². The van der Waals surface area contributed by atoms with Gasteiger partial charge in [-0.2, -0.15) is 0 Å². The minimum absolute atomic E-state index is 0.346. The molecule has 0 saturated heterocycles. The van der Waals surface area contributed by atoms with Crippen molar-refractivity contribution in [2.24, 2.45) is 0 Å². The number of hydrogen-bond acceptors (Lipinski definition) is 5. The first kappa shape index (κ1) is 14.0. The van der Waals surface area contributed by atoms with Crippen molar-refractivity contribution in [2.75, 3.05) is 31.8 Å². The van der Waals surface area contributed by atoms with Gasteiger partial charge in [0.05, 0.1) is 18.5 Å². The molecular weight excluding hydrogens is 254 g/mol. The summed E-state index contributed by atoms with van der Waals surface area (Å²) >= 11 is 0. The molecule has 0 aliphatic carbocycles. The molecule has 0 unspecified atom stereocenters. The second-order valence-electron chi connectivity index (χ2n) is 4.58. The Hall–Kier alpha value is -2.43. The maximum absolute atomic E-state index is 5.92. The molecule has 0 radical (unpaired) electrons. The van der Waals surface area contributed by atoms with Crippen LogP contribution >= 0.6 is 0 Å². The lowest BCUT2D eigenvalue weighted by Crippen LogP contribution is -2.09. The summed E-state index contributed by atoms with van der Waals surface area (Å²) in [6, 6.07) is 11.3. The van der Waals surface area contributed by atoms with Gasteiger partial charge in [0.15, 0.2) is 0 Å². The zero-order valence-electron chi connectivity index (χ0n) is 12.0. The van der Waals surface area contributed by atoms with Crippen molar-refractivity contribution in [1.29, 1.82) is 0 Å². The summed E-state index contributed by atoms with van der Waals surface area (Å²) in [7, 11) is 5.53. The van der Waals surface area contributed by atoms with Crippen LogP contribution in [0.5, 0.6) is 11.6 Å². The maximum Gasteiger partial charge on any atom is 0.213 e. The highest BCUT2D eigenvalue weighted by Gasteiger charge is 2.05. The molecule has 0 fully saturated rings. The summed E-state index contributed by atoms with van der Waals surface area (Å²) in [5.41, 5.74) is 8.36. The Balaban J connectivity index is 2.11. The fourth-order valence-electron chi connectivity index (χ4n) is 1.73. The Labute approximate surface area is 118 Å². The highest BCUT2D eigenvalue weighted by molar-refractivity contribution is 5.61. The average Bonchev–Trinajstić information content (AvgIpc) is 2.46. The molecule has 1 aromatic heterocycles. The number of benzene rings is 1. The predicted octanol–water partition coefficient (Wildman–Crippen LogP) is 2.32. The molecule has 20 heavy (non-hydrogen) atoms. The van der Waals surface area contributed by atoms with E-state index in [1.165, 1.54) is 0 Å². The lowest BCUT2D eigenvalue weighted by Gasteiger charge is -2.15. The predicted molar refractivity (Wildman–Crippen MR) is 80.3 cm³/mol. The molecule has 0 spiro atoms. The molecule has 0 atom stereocenters. The largest absolute Gasteiger partial charge is 0.485 e. The number of pyridine rings is 1. The summed E-state index contributed by atoms with van der Waals surface area (Å²) in [4.78, 5) is 6.29. The Kier molecular flexibility index (Phi) is 4.30. The second kappa shape index (κ2) is 6.14. The van der Waals surface area contributed by atoms with Crippen molar-refractivity contribution in [1.82, 2.24) is 4.98 Å². The van der Waals surface area contributed by atoms with E-state index in [-0.39, 0.29) is 0 Å². The van der Waals surface area contributed by atoms with E-state index in [2.05, 4.69) is 4.98 Å². The van der Waals surface area contributed by atoms with Gasteiger partial charge in [-0.3, -0.25) is 0 Å². The minimum atomic E-state index is 0.346. The normalized spacial score (nSPS) is 10.2. The van der Waals surface area contributed by atoms with Gasteiger partial charge in [-0.15, -0.1) is 0 Å². The van der Waals surface area contributed by atoms with Gasteiger partial charge in [-0.05, 0) is 18.2 Å². The highest BCUT2D eigenvalue weighted by Crippen LogP contribution is 2.27. The maximum atomic E-state index is 5.92. The van der Waals surface area contributed by atoms with Gasteiger partial charge in [-0.1, -0.05) is 6.07 Å². The van der Waals surface area contributed by atoms with Crippen molar-refractivity contribution < 1.29 is 9.47 Å². The SMILES string of the molecule is COc1cccc(COc2cc(N(C)C)ccc2N)n1. The summed E-state index contributed by atoms with van der Waals surface area (Å²) in [5, 5.41) is 0. The van der Waals surface area contributed by atoms with Gasteiger partial charge in [0.1, 0.15) is 12.4 Å². The zero-order chi connectivity index (χ0) is 14.5. The minimum Gasteiger partial charge on any atom is -0.485 e. The third-order valence-corrected chi connectivity index (χ3v) is 2.88. The molecule has 106 valence electrons. The van der Waals surface area contributed by atoms with E-state index in [0.717, 1.165) is 11.4 Å². The fourth-order valence-corrected chi connectivity index (χ4v) is 1.73. The number of nitrogens with two attached hydrogens (primary N) is 1. The first-order valence-electron chi connectivity index (χ1n) is 6.29. The number of anilines is 2. The van der Waals surface area contributed by atoms with Crippen LogP contribution in [-0.4, -0.2) is 26.2 Å². The number of nitrogen functional groups attached to an aromatic ring is 1. The molecule has 5 heteroatoms. The lowest BCUT2D eigenvalue weighted by molar-refractivity contribution is 0.300. The zero-order valence-corrected chi connectivity index (χ0v) is 12.0. The van der Waals surface area contributed by atoms with Gasteiger partial charge in [0, 0.05) is 31.9 Å². The van der Waals surface area contributed by atoms with Crippen LogP contribution in [0.15, 0.2) is 36.4 Å². The van der Waals surface area contributed by atoms with Gasteiger partial charge < -0.3 is 20.1 Å². The molecule has 0 saturated carbocycles. The molecule has 0 bridgehead atoms. The van der Waals surface area contributed by atoms with Crippen LogP contribution in [-0.2, 0) is 6.61 Å². The van der Waals surface area contributed by atoms with Gasteiger partial charge in [-0.25, -0.2) is 4.98 Å². The van der Waals surface area contributed by atoms with Crippen LogP contribution in [0.1, 0.15) is 5.69 Å². The lowest BCUT2D eigenvalue weighted by atomic mass is 10.2.